The number of benzene rings is 1. The lowest BCUT2D eigenvalue weighted by Crippen LogP contribution is -2.23. The summed E-state index contributed by atoms with van der Waals surface area (Å²) in [6.45, 7) is 4.34. The van der Waals surface area contributed by atoms with Crippen molar-refractivity contribution in [3.8, 4) is 0 Å². The maximum Gasteiger partial charge on any atom is 0.235 e. The summed E-state index contributed by atoms with van der Waals surface area (Å²) in [7, 11) is 0. The lowest BCUT2D eigenvalue weighted by atomic mass is 9.81. The molecule has 1 aliphatic carbocycles. The Bertz CT molecular complexity index is 444. The Morgan fingerprint density at radius 3 is 2.17 bits per heavy atom. The first-order valence-corrected chi connectivity index (χ1v) is 6.97. The van der Waals surface area contributed by atoms with Gasteiger partial charge in [0.15, 0.2) is 0 Å². The molecule has 0 saturated heterocycles. The monoisotopic (exact) mass is 243 g/mol. The van der Waals surface area contributed by atoms with E-state index < -0.39 is 0 Å². The Morgan fingerprint density at radius 2 is 1.72 bits per heavy atom. The molecular formula is C16H21NO. The fourth-order valence-corrected chi connectivity index (χ4v) is 3.31. The highest BCUT2D eigenvalue weighted by molar-refractivity contribution is 5.45. The summed E-state index contributed by atoms with van der Waals surface area (Å²) >= 11 is 0. The van der Waals surface area contributed by atoms with Gasteiger partial charge in [0.25, 0.3) is 0 Å². The van der Waals surface area contributed by atoms with Crippen LogP contribution in [0.4, 0.5) is 0 Å². The highest BCUT2D eigenvalue weighted by Crippen LogP contribution is 2.45. The topological polar surface area (TPSA) is 29.4 Å². The van der Waals surface area contributed by atoms with E-state index >= 15 is 0 Å². The maximum absolute atomic E-state index is 10.8. The molecule has 0 radical (unpaired) electrons. The van der Waals surface area contributed by atoms with Gasteiger partial charge in [-0.2, -0.15) is 4.99 Å². The van der Waals surface area contributed by atoms with E-state index in [0.717, 1.165) is 38.5 Å². The molecule has 1 aromatic rings. The molecule has 1 fully saturated rings. The summed E-state index contributed by atoms with van der Waals surface area (Å²) in [6, 6.07) is 6.47. The molecule has 0 aliphatic heterocycles. The van der Waals surface area contributed by atoms with Gasteiger partial charge in [-0.25, -0.2) is 4.79 Å². The third-order valence-electron chi connectivity index (χ3n) is 4.15. The summed E-state index contributed by atoms with van der Waals surface area (Å²) in [5, 5.41) is 0. The van der Waals surface area contributed by atoms with Gasteiger partial charge in [-0.1, -0.05) is 44.9 Å². The summed E-state index contributed by atoms with van der Waals surface area (Å²) in [6.07, 6.45) is 8.13. The van der Waals surface area contributed by atoms with E-state index in [2.05, 4.69) is 37.0 Å². The van der Waals surface area contributed by atoms with Crippen LogP contribution in [0.5, 0.6) is 0 Å². The van der Waals surface area contributed by atoms with Gasteiger partial charge in [0.2, 0.25) is 6.08 Å². The molecule has 0 unspecified atom stereocenters. The summed E-state index contributed by atoms with van der Waals surface area (Å²) in [5.41, 5.74) is 3.72. The van der Waals surface area contributed by atoms with Crippen LogP contribution in [0.3, 0.4) is 0 Å². The van der Waals surface area contributed by atoms with E-state index in [-0.39, 0.29) is 5.54 Å². The van der Waals surface area contributed by atoms with Crippen molar-refractivity contribution in [2.45, 2.75) is 57.9 Å². The second-order valence-electron chi connectivity index (χ2n) is 5.10. The normalized spacial score (nSPS) is 17.4. The number of aliphatic imine (C=N–C) groups is 1. The Hall–Kier alpha value is -1.40. The predicted molar refractivity (Wildman–Crippen MR) is 73.5 cm³/mol. The van der Waals surface area contributed by atoms with E-state index in [1.807, 2.05) is 6.08 Å². The predicted octanol–water partition coefficient (Wildman–Crippen LogP) is 3.92. The maximum atomic E-state index is 10.8. The van der Waals surface area contributed by atoms with Crippen LogP contribution < -0.4 is 0 Å². The average molecular weight is 243 g/mol. The van der Waals surface area contributed by atoms with Crippen molar-refractivity contribution < 1.29 is 4.79 Å². The van der Waals surface area contributed by atoms with Gasteiger partial charge in [0, 0.05) is 0 Å². The van der Waals surface area contributed by atoms with Crippen molar-refractivity contribution >= 4 is 6.08 Å². The lowest BCUT2D eigenvalue weighted by molar-refractivity contribution is 0.449. The van der Waals surface area contributed by atoms with Crippen LogP contribution in [-0.2, 0) is 23.2 Å². The first kappa shape index (κ1) is 13.0. The van der Waals surface area contributed by atoms with Gasteiger partial charge in [0.1, 0.15) is 0 Å². The molecule has 1 aliphatic rings. The summed E-state index contributed by atoms with van der Waals surface area (Å²) in [5.74, 6) is 0. The average Bonchev–Trinajstić information content (AvgIpc) is 2.87. The highest BCUT2D eigenvalue weighted by atomic mass is 16.1. The number of aryl methyl sites for hydroxylation is 2. The van der Waals surface area contributed by atoms with E-state index in [1.165, 1.54) is 16.7 Å². The fraction of sp³-hybridized carbons (Fsp3) is 0.562. The Morgan fingerprint density at radius 1 is 1.17 bits per heavy atom. The van der Waals surface area contributed by atoms with Gasteiger partial charge in [0.05, 0.1) is 5.54 Å². The van der Waals surface area contributed by atoms with Crippen LogP contribution in [0.2, 0.25) is 0 Å². The number of nitrogens with zero attached hydrogens (tertiary/aromatic N) is 1. The molecule has 0 heterocycles. The van der Waals surface area contributed by atoms with Crippen LogP contribution in [0.15, 0.2) is 23.2 Å². The van der Waals surface area contributed by atoms with Crippen molar-refractivity contribution in [2.24, 2.45) is 4.99 Å². The number of carbonyl (C=O) groups excluding carboxylic acids is 1. The Kier molecular flexibility index (Phi) is 3.98. The van der Waals surface area contributed by atoms with Crippen molar-refractivity contribution in [3.05, 3.63) is 34.9 Å². The van der Waals surface area contributed by atoms with E-state index in [9.17, 15) is 4.79 Å². The number of hydrogen-bond acceptors (Lipinski definition) is 2. The molecule has 2 nitrogen and oxygen atoms in total. The van der Waals surface area contributed by atoms with Crippen LogP contribution >= 0.6 is 0 Å². The van der Waals surface area contributed by atoms with Crippen molar-refractivity contribution in [1.82, 2.24) is 0 Å². The third-order valence-corrected chi connectivity index (χ3v) is 4.15. The quantitative estimate of drug-likeness (QED) is 0.582. The Balaban J connectivity index is 2.62. The highest BCUT2D eigenvalue weighted by Gasteiger charge is 2.38. The molecule has 2 rings (SSSR count). The second-order valence-corrected chi connectivity index (χ2v) is 5.10. The molecule has 2 heteroatoms. The molecular weight excluding hydrogens is 222 g/mol. The first-order chi connectivity index (χ1) is 8.77. The van der Waals surface area contributed by atoms with Gasteiger partial charge in [-0.3, -0.25) is 0 Å². The Labute approximate surface area is 109 Å². The molecule has 0 aromatic heterocycles. The minimum Gasteiger partial charge on any atom is -0.211 e. The van der Waals surface area contributed by atoms with E-state index in [1.54, 1.807) is 0 Å². The minimum absolute atomic E-state index is 0.278. The van der Waals surface area contributed by atoms with Gasteiger partial charge in [-0.05, 0) is 42.4 Å². The van der Waals surface area contributed by atoms with Crippen molar-refractivity contribution in [1.29, 1.82) is 0 Å². The molecule has 96 valence electrons. The third kappa shape index (κ3) is 2.13. The number of hydrogen-bond donors (Lipinski definition) is 0. The molecule has 0 atom stereocenters. The smallest absolute Gasteiger partial charge is 0.211 e. The SMILES string of the molecule is CCc1cccc(CC)c1C1(N=C=O)CCCC1. The van der Waals surface area contributed by atoms with Crippen LogP contribution in [-0.4, -0.2) is 6.08 Å². The molecule has 0 spiro atoms. The molecule has 18 heavy (non-hydrogen) atoms. The lowest BCUT2D eigenvalue weighted by Gasteiger charge is -2.28. The largest absolute Gasteiger partial charge is 0.235 e. The van der Waals surface area contributed by atoms with Crippen LogP contribution in [0, 0.1) is 0 Å². The molecule has 0 N–H and O–H groups in total. The molecule has 1 saturated carbocycles. The number of rotatable bonds is 4. The summed E-state index contributed by atoms with van der Waals surface area (Å²) < 4.78 is 0. The van der Waals surface area contributed by atoms with Gasteiger partial charge >= 0.3 is 0 Å². The van der Waals surface area contributed by atoms with Gasteiger partial charge < -0.3 is 0 Å². The van der Waals surface area contributed by atoms with Gasteiger partial charge in [-0.15, -0.1) is 0 Å². The molecule has 1 aromatic carbocycles. The zero-order valence-corrected chi connectivity index (χ0v) is 11.3. The van der Waals surface area contributed by atoms with Crippen LogP contribution in [0.1, 0.15) is 56.2 Å². The minimum atomic E-state index is -0.278. The van der Waals surface area contributed by atoms with E-state index in [4.69, 9.17) is 0 Å². The summed E-state index contributed by atoms with van der Waals surface area (Å²) in [4.78, 5) is 15.1. The first-order valence-electron chi connectivity index (χ1n) is 6.97. The number of isocyanates is 1. The van der Waals surface area contributed by atoms with Crippen molar-refractivity contribution in [2.75, 3.05) is 0 Å². The second kappa shape index (κ2) is 5.49. The van der Waals surface area contributed by atoms with E-state index in [0.29, 0.717) is 0 Å². The standard InChI is InChI=1S/C16H21NO/c1-3-13-8-7-9-14(4-2)15(13)16(17-12-18)10-5-6-11-16/h7-9H,3-6,10-11H2,1-2H3. The molecule has 0 bridgehead atoms. The van der Waals surface area contributed by atoms with Crippen molar-refractivity contribution in [3.63, 3.8) is 0 Å². The zero-order valence-electron chi connectivity index (χ0n) is 11.3. The molecule has 0 amide bonds. The van der Waals surface area contributed by atoms with Crippen LogP contribution in [0.25, 0.3) is 0 Å². The fourth-order valence-electron chi connectivity index (χ4n) is 3.31. The zero-order chi connectivity index (χ0) is 13.0.